The van der Waals surface area contributed by atoms with Crippen LogP contribution in [0, 0.1) is 12.8 Å². The smallest absolute Gasteiger partial charge is 0.229 e. The van der Waals surface area contributed by atoms with Crippen LogP contribution in [0.3, 0.4) is 0 Å². The molecule has 0 spiro atoms. The van der Waals surface area contributed by atoms with Gasteiger partial charge in [-0.1, -0.05) is 29.8 Å². The fourth-order valence-corrected chi connectivity index (χ4v) is 4.96. The molecule has 2 atom stereocenters. The molecule has 6 nitrogen and oxygen atoms in total. The summed E-state index contributed by atoms with van der Waals surface area (Å²) in [6.07, 6.45) is 0.779. The maximum absolute atomic E-state index is 13.4. The number of anilines is 3. The van der Waals surface area contributed by atoms with Gasteiger partial charge in [0.25, 0.3) is 0 Å². The number of carbonyl (C=O) groups excluding carboxylic acids is 3. The molecule has 1 fully saturated rings. The van der Waals surface area contributed by atoms with E-state index in [0.717, 1.165) is 16.1 Å². The minimum absolute atomic E-state index is 0.0176. The van der Waals surface area contributed by atoms with Gasteiger partial charge in [-0.3, -0.25) is 14.4 Å². The molecule has 2 unspecified atom stereocenters. The first-order valence-electron chi connectivity index (χ1n) is 10.5. The first-order valence-corrected chi connectivity index (χ1v) is 11.4. The van der Waals surface area contributed by atoms with Crippen LogP contribution >= 0.6 is 11.3 Å². The van der Waals surface area contributed by atoms with Crippen molar-refractivity contribution < 1.29 is 14.4 Å². The van der Waals surface area contributed by atoms with Crippen LogP contribution in [0.1, 0.15) is 36.2 Å². The topological polar surface area (TPSA) is 78.5 Å². The molecule has 0 bridgehead atoms. The predicted molar refractivity (Wildman–Crippen MR) is 128 cm³/mol. The number of nitrogens with zero attached hydrogens (tertiary/aromatic N) is 1. The predicted octanol–water partition coefficient (Wildman–Crippen LogP) is 5.14. The Kier molecular flexibility index (Phi) is 6.37. The van der Waals surface area contributed by atoms with Crippen molar-refractivity contribution in [1.29, 1.82) is 0 Å². The van der Waals surface area contributed by atoms with Crippen molar-refractivity contribution in [2.75, 3.05) is 15.5 Å². The zero-order chi connectivity index (χ0) is 22.7. The Labute approximate surface area is 191 Å². The maximum atomic E-state index is 13.4. The highest BCUT2D eigenvalue weighted by molar-refractivity contribution is 7.10. The molecule has 164 valence electrons. The van der Waals surface area contributed by atoms with E-state index in [9.17, 15) is 14.4 Å². The molecular formula is C25H25N3O3S. The van der Waals surface area contributed by atoms with Gasteiger partial charge < -0.3 is 15.5 Å². The van der Waals surface area contributed by atoms with Crippen LogP contribution in [0.4, 0.5) is 17.1 Å². The average molecular weight is 448 g/mol. The van der Waals surface area contributed by atoms with Crippen molar-refractivity contribution in [3.8, 4) is 0 Å². The van der Waals surface area contributed by atoms with Gasteiger partial charge in [0, 0.05) is 35.3 Å². The lowest BCUT2D eigenvalue weighted by Crippen LogP contribution is -2.46. The quantitative estimate of drug-likeness (QED) is 0.569. The van der Waals surface area contributed by atoms with Gasteiger partial charge in [-0.25, -0.2) is 0 Å². The highest BCUT2D eigenvalue weighted by atomic mass is 32.1. The molecule has 1 aromatic heterocycles. The molecule has 1 aliphatic heterocycles. The molecule has 2 aromatic carbocycles. The molecule has 7 heteroatoms. The number of carbonyl (C=O) groups is 3. The first kappa shape index (κ1) is 21.8. The zero-order valence-corrected chi connectivity index (χ0v) is 18.8. The second-order valence-electron chi connectivity index (χ2n) is 7.96. The van der Waals surface area contributed by atoms with E-state index in [2.05, 4.69) is 10.6 Å². The van der Waals surface area contributed by atoms with Crippen molar-refractivity contribution in [3.63, 3.8) is 0 Å². The fraction of sp³-hybridized carbons (Fsp3) is 0.240. The average Bonchev–Trinajstić information content (AvgIpc) is 3.28. The normalized spacial score (nSPS) is 18.3. The first-order chi connectivity index (χ1) is 15.4. The highest BCUT2D eigenvalue weighted by Crippen LogP contribution is 2.42. The summed E-state index contributed by atoms with van der Waals surface area (Å²) >= 11 is 1.55. The van der Waals surface area contributed by atoms with Crippen molar-refractivity contribution in [2.24, 2.45) is 5.92 Å². The van der Waals surface area contributed by atoms with Gasteiger partial charge in [-0.2, -0.15) is 0 Å². The summed E-state index contributed by atoms with van der Waals surface area (Å²) in [6.45, 7) is 3.44. The second kappa shape index (κ2) is 9.36. The lowest BCUT2D eigenvalue weighted by molar-refractivity contribution is -0.126. The fourth-order valence-electron chi connectivity index (χ4n) is 4.07. The Morgan fingerprint density at radius 1 is 1.00 bits per heavy atom. The van der Waals surface area contributed by atoms with Crippen LogP contribution < -0.4 is 15.5 Å². The van der Waals surface area contributed by atoms with E-state index in [0.29, 0.717) is 24.2 Å². The van der Waals surface area contributed by atoms with Crippen molar-refractivity contribution in [3.05, 3.63) is 76.5 Å². The monoisotopic (exact) mass is 447 g/mol. The molecule has 1 saturated heterocycles. The molecular weight excluding hydrogens is 422 g/mol. The third-order valence-corrected chi connectivity index (χ3v) is 6.47. The van der Waals surface area contributed by atoms with Crippen LogP contribution in [-0.4, -0.2) is 17.7 Å². The van der Waals surface area contributed by atoms with E-state index >= 15 is 0 Å². The number of hydrogen-bond acceptors (Lipinski definition) is 4. The molecule has 0 saturated carbocycles. The summed E-state index contributed by atoms with van der Waals surface area (Å²) in [5.74, 6) is -0.709. The van der Waals surface area contributed by atoms with E-state index in [-0.39, 0.29) is 23.8 Å². The standard InChI is InChI=1S/C25H25N3O3S/c1-16-8-10-20(11-9-16)28-23(30)13-12-21(24(28)22-7-4-14-32-22)25(31)27-19-6-3-5-18(15-19)26-17(2)29/h3-11,14-15,21,24H,12-13H2,1-2H3,(H,26,29)(H,27,31). The lowest BCUT2D eigenvalue weighted by atomic mass is 9.86. The Balaban J connectivity index is 1.64. The minimum atomic E-state index is -0.405. The number of rotatable bonds is 5. The maximum Gasteiger partial charge on any atom is 0.229 e. The van der Waals surface area contributed by atoms with Gasteiger partial charge >= 0.3 is 0 Å². The van der Waals surface area contributed by atoms with Crippen LogP contribution in [0.25, 0.3) is 0 Å². The van der Waals surface area contributed by atoms with Crippen molar-refractivity contribution in [1.82, 2.24) is 0 Å². The lowest BCUT2D eigenvalue weighted by Gasteiger charge is -2.40. The summed E-state index contributed by atoms with van der Waals surface area (Å²) in [5.41, 5.74) is 3.12. The van der Waals surface area contributed by atoms with Gasteiger partial charge in [-0.15, -0.1) is 11.3 Å². The summed E-state index contributed by atoms with van der Waals surface area (Å²) in [5, 5.41) is 7.68. The van der Waals surface area contributed by atoms with E-state index in [1.165, 1.54) is 6.92 Å². The van der Waals surface area contributed by atoms with Gasteiger partial charge in [0.1, 0.15) is 0 Å². The molecule has 32 heavy (non-hydrogen) atoms. The molecule has 0 radical (unpaired) electrons. The third kappa shape index (κ3) is 4.73. The SMILES string of the molecule is CC(=O)Nc1cccc(NC(=O)C2CCC(=O)N(c3ccc(C)cc3)C2c2cccs2)c1. The Morgan fingerprint density at radius 3 is 2.38 bits per heavy atom. The Hall–Kier alpha value is -3.45. The summed E-state index contributed by atoms with van der Waals surface area (Å²) < 4.78 is 0. The van der Waals surface area contributed by atoms with Crippen LogP contribution in [0.15, 0.2) is 66.0 Å². The van der Waals surface area contributed by atoms with E-state index < -0.39 is 5.92 Å². The number of amides is 3. The van der Waals surface area contributed by atoms with Crippen LogP contribution in [-0.2, 0) is 14.4 Å². The number of hydrogen-bond donors (Lipinski definition) is 2. The highest BCUT2D eigenvalue weighted by Gasteiger charge is 2.42. The number of piperidine rings is 1. The molecule has 3 aromatic rings. The van der Waals surface area contributed by atoms with Crippen LogP contribution in [0.2, 0.25) is 0 Å². The molecule has 2 heterocycles. The number of thiophene rings is 1. The van der Waals surface area contributed by atoms with E-state index in [1.807, 2.05) is 48.7 Å². The van der Waals surface area contributed by atoms with E-state index in [1.54, 1.807) is 40.5 Å². The summed E-state index contributed by atoms with van der Waals surface area (Å²) in [4.78, 5) is 40.5. The van der Waals surface area contributed by atoms with Gasteiger partial charge in [0.2, 0.25) is 17.7 Å². The number of benzene rings is 2. The molecule has 2 N–H and O–H groups in total. The van der Waals surface area contributed by atoms with E-state index in [4.69, 9.17) is 0 Å². The largest absolute Gasteiger partial charge is 0.326 e. The Morgan fingerprint density at radius 2 is 1.72 bits per heavy atom. The number of nitrogens with one attached hydrogen (secondary N) is 2. The number of aryl methyl sites for hydroxylation is 1. The van der Waals surface area contributed by atoms with Gasteiger partial charge in [0.05, 0.1) is 12.0 Å². The molecule has 3 amide bonds. The van der Waals surface area contributed by atoms with Crippen molar-refractivity contribution >= 4 is 46.1 Å². The molecule has 4 rings (SSSR count). The summed E-state index contributed by atoms with van der Waals surface area (Å²) in [7, 11) is 0. The van der Waals surface area contributed by atoms with Gasteiger partial charge in [-0.05, 0) is 55.1 Å². The van der Waals surface area contributed by atoms with Crippen LogP contribution in [0.5, 0.6) is 0 Å². The second-order valence-corrected chi connectivity index (χ2v) is 8.94. The minimum Gasteiger partial charge on any atom is -0.326 e. The molecule has 1 aliphatic rings. The summed E-state index contributed by atoms with van der Waals surface area (Å²) in [6, 6.07) is 18.4. The Bertz CT molecular complexity index is 1130. The molecule has 0 aliphatic carbocycles. The van der Waals surface area contributed by atoms with Crippen molar-refractivity contribution in [2.45, 2.75) is 32.7 Å². The zero-order valence-electron chi connectivity index (χ0n) is 18.0. The van der Waals surface area contributed by atoms with Gasteiger partial charge in [0.15, 0.2) is 0 Å². The third-order valence-electron chi connectivity index (χ3n) is 5.53.